The minimum atomic E-state index is -4.19. The van der Waals surface area contributed by atoms with Crippen LogP contribution >= 0.6 is 0 Å². The molecule has 0 aromatic heterocycles. The molecule has 5 heteroatoms. The summed E-state index contributed by atoms with van der Waals surface area (Å²) < 4.78 is 40.5. The highest BCUT2D eigenvalue weighted by atomic mass is 19.4. The van der Waals surface area contributed by atoms with Crippen LogP contribution in [0.3, 0.4) is 0 Å². The highest BCUT2D eigenvalue weighted by Crippen LogP contribution is 2.20. The Morgan fingerprint density at radius 1 is 1.18 bits per heavy atom. The van der Waals surface area contributed by atoms with E-state index < -0.39 is 12.6 Å². The van der Waals surface area contributed by atoms with Crippen LogP contribution < -0.4 is 10.5 Å². The summed E-state index contributed by atoms with van der Waals surface area (Å²) in [7, 11) is 0. The number of ether oxygens (including phenoxy) is 1. The molecule has 0 radical (unpaired) electrons. The summed E-state index contributed by atoms with van der Waals surface area (Å²) in [5.74, 6) is 5.87. The Bertz CT molecular complexity index is 400. The van der Waals surface area contributed by atoms with Crippen LogP contribution in [0.1, 0.15) is 12.0 Å². The molecule has 2 nitrogen and oxygen atoms in total. The fourth-order valence-electron chi connectivity index (χ4n) is 1.07. The second kappa shape index (κ2) is 6.16. The lowest BCUT2D eigenvalue weighted by Gasteiger charge is -2.08. The molecule has 0 atom stereocenters. The van der Waals surface area contributed by atoms with Gasteiger partial charge in [-0.2, -0.15) is 13.2 Å². The quantitative estimate of drug-likeness (QED) is 0.827. The fourth-order valence-corrected chi connectivity index (χ4v) is 1.07. The highest BCUT2D eigenvalue weighted by molar-refractivity contribution is 5.38. The van der Waals surface area contributed by atoms with Crippen molar-refractivity contribution in [3.8, 4) is 17.6 Å². The number of rotatable bonds is 3. The predicted octanol–water partition coefficient (Wildman–Crippen LogP) is 2.33. The molecule has 2 N–H and O–H groups in total. The van der Waals surface area contributed by atoms with E-state index in [0.717, 1.165) is 5.56 Å². The smallest absolute Gasteiger partial charge is 0.392 e. The van der Waals surface area contributed by atoms with Gasteiger partial charge in [0.2, 0.25) is 0 Å². The van der Waals surface area contributed by atoms with Crippen molar-refractivity contribution < 1.29 is 17.9 Å². The Hall–Kier alpha value is -1.67. The topological polar surface area (TPSA) is 35.2 Å². The average Bonchev–Trinajstić information content (AvgIpc) is 2.26. The van der Waals surface area contributed by atoms with E-state index in [9.17, 15) is 13.2 Å². The van der Waals surface area contributed by atoms with E-state index in [1.165, 1.54) is 0 Å². The minimum absolute atomic E-state index is 0.268. The van der Waals surface area contributed by atoms with Crippen molar-refractivity contribution in [3.63, 3.8) is 0 Å². The zero-order chi connectivity index (χ0) is 12.7. The van der Waals surface area contributed by atoms with Gasteiger partial charge >= 0.3 is 6.18 Å². The van der Waals surface area contributed by atoms with E-state index in [1.807, 2.05) is 0 Å². The monoisotopic (exact) mass is 243 g/mol. The van der Waals surface area contributed by atoms with Gasteiger partial charge in [0.15, 0.2) is 0 Å². The highest BCUT2D eigenvalue weighted by Gasteiger charge is 2.26. The lowest BCUT2D eigenvalue weighted by molar-refractivity contribution is -0.139. The molecule has 0 saturated heterocycles. The summed E-state index contributed by atoms with van der Waals surface area (Å²) in [6, 6.07) is 6.50. The maximum atomic E-state index is 11.9. The first-order chi connectivity index (χ1) is 8.01. The largest absolute Gasteiger partial charge is 0.493 e. The molecule has 0 aliphatic heterocycles. The Morgan fingerprint density at radius 2 is 1.82 bits per heavy atom. The van der Waals surface area contributed by atoms with E-state index in [0.29, 0.717) is 5.75 Å². The Labute approximate surface area is 97.6 Å². The van der Waals surface area contributed by atoms with Gasteiger partial charge in [-0.25, -0.2) is 0 Å². The molecular formula is C12H12F3NO. The molecule has 0 amide bonds. The number of alkyl halides is 3. The van der Waals surface area contributed by atoms with Gasteiger partial charge in [0.1, 0.15) is 5.75 Å². The Kier molecular flexibility index (Phi) is 4.85. The van der Waals surface area contributed by atoms with Gasteiger partial charge in [0.25, 0.3) is 0 Å². The average molecular weight is 243 g/mol. The second-order valence-electron chi connectivity index (χ2n) is 3.24. The summed E-state index contributed by atoms with van der Waals surface area (Å²) in [5.41, 5.74) is 5.96. The second-order valence-corrected chi connectivity index (χ2v) is 3.24. The summed E-state index contributed by atoms with van der Waals surface area (Å²) in [6.45, 7) is -0.110. The number of benzene rings is 1. The molecule has 0 saturated carbocycles. The zero-order valence-corrected chi connectivity index (χ0v) is 9.05. The lowest BCUT2D eigenvalue weighted by Crippen LogP contribution is -2.12. The summed E-state index contributed by atoms with van der Waals surface area (Å²) in [5, 5.41) is 0. The molecule has 17 heavy (non-hydrogen) atoms. The molecule has 1 rings (SSSR count). The van der Waals surface area contributed by atoms with Gasteiger partial charge in [0.05, 0.1) is 19.6 Å². The van der Waals surface area contributed by atoms with E-state index in [2.05, 4.69) is 11.8 Å². The van der Waals surface area contributed by atoms with Crippen molar-refractivity contribution in [2.45, 2.75) is 12.6 Å². The van der Waals surface area contributed by atoms with Crippen LogP contribution in [0.4, 0.5) is 13.2 Å². The zero-order valence-electron chi connectivity index (χ0n) is 9.05. The van der Waals surface area contributed by atoms with Gasteiger partial charge in [-0.05, 0) is 24.3 Å². The Balaban J connectivity index is 2.46. The van der Waals surface area contributed by atoms with Gasteiger partial charge in [-0.15, -0.1) is 0 Å². The molecule has 1 aromatic carbocycles. The molecule has 0 aliphatic rings. The van der Waals surface area contributed by atoms with E-state index in [-0.39, 0.29) is 13.2 Å². The van der Waals surface area contributed by atoms with Crippen LogP contribution in [-0.4, -0.2) is 19.3 Å². The molecular weight excluding hydrogens is 231 g/mol. The predicted molar refractivity (Wildman–Crippen MR) is 58.5 cm³/mol. The van der Waals surface area contributed by atoms with Crippen LogP contribution in [-0.2, 0) is 0 Å². The van der Waals surface area contributed by atoms with E-state index in [1.54, 1.807) is 24.3 Å². The van der Waals surface area contributed by atoms with Crippen molar-refractivity contribution in [2.75, 3.05) is 13.2 Å². The van der Waals surface area contributed by atoms with Crippen molar-refractivity contribution >= 4 is 0 Å². The SMILES string of the molecule is NCC#Cc1ccc(OCCC(F)(F)F)cc1. The van der Waals surface area contributed by atoms with Gasteiger partial charge < -0.3 is 10.5 Å². The first-order valence-corrected chi connectivity index (χ1v) is 5.00. The molecule has 0 aliphatic carbocycles. The minimum Gasteiger partial charge on any atom is -0.493 e. The van der Waals surface area contributed by atoms with Crippen LogP contribution in [0.15, 0.2) is 24.3 Å². The molecule has 0 unspecified atom stereocenters. The summed E-state index contributed by atoms with van der Waals surface area (Å²) >= 11 is 0. The number of nitrogens with two attached hydrogens (primary N) is 1. The molecule has 92 valence electrons. The third-order valence-corrected chi connectivity index (χ3v) is 1.84. The first kappa shape index (κ1) is 13.4. The third-order valence-electron chi connectivity index (χ3n) is 1.84. The maximum Gasteiger partial charge on any atom is 0.392 e. The molecule has 0 heterocycles. The maximum absolute atomic E-state index is 11.9. The molecule has 1 aromatic rings. The summed E-state index contributed by atoms with van der Waals surface area (Å²) in [4.78, 5) is 0. The van der Waals surface area contributed by atoms with Crippen molar-refractivity contribution in [1.29, 1.82) is 0 Å². The van der Waals surface area contributed by atoms with E-state index in [4.69, 9.17) is 10.5 Å². The normalized spacial score (nSPS) is 10.6. The summed E-state index contributed by atoms with van der Waals surface area (Å²) in [6.07, 6.45) is -5.14. The van der Waals surface area contributed by atoms with Crippen LogP contribution in [0.25, 0.3) is 0 Å². The first-order valence-electron chi connectivity index (χ1n) is 5.00. The van der Waals surface area contributed by atoms with Gasteiger partial charge in [-0.1, -0.05) is 11.8 Å². The number of hydrogen-bond donors (Lipinski definition) is 1. The molecule has 0 spiro atoms. The van der Waals surface area contributed by atoms with Crippen molar-refractivity contribution in [2.24, 2.45) is 5.73 Å². The van der Waals surface area contributed by atoms with Crippen molar-refractivity contribution in [3.05, 3.63) is 29.8 Å². The Morgan fingerprint density at radius 3 is 2.35 bits per heavy atom. The number of halogens is 3. The van der Waals surface area contributed by atoms with Crippen LogP contribution in [0.5, 0.6) is 5.75 Å². The van der Waals surface area contributed by atoms with Crippen LogP contribution in [0, 0.1) is 11.8 Å². The van der Waals surface area contributed by atoms with Crippen molar-refractivity contribution in [1.82, 2.24) is 0 Å². The standard InChI is InChI=1S/C12H12F3NO/c13-12(14,15)7-9-17-11-5-3-10(4-6-11)2-1-8-16/h3-6H,7-9,16H2. The van der Waals surface area contributed by atoms with E-state index >= 15 is 0 Å². The fraction of sp³-hybridized carbons (Fsp3) is 0.333. The van der Waals surface area contributed by atoms with Crippen LogP contribution in [0.2, 0.25) is 0 Å². The number of hydrogen-bond acceptors (Lipinski definition) is 2. The van der Waals surface area contributed by atoms with Gasteiger partial charge in [-0.3, -0.25) is 0 Å². The molecule has 0 bridgehead atoms. The third kappa shape index (κ3) is 5.83. The lowest BCUT2D eigenvalue weighted by atomic mass is 10.2. The molecule has 0 fully saturated rings. The van der Waals surface area contributed by atoms with Gasteiger partial charge in [0, 0.05) is 5.56 Å².